The van der Waals surface area contributed by atoms with Gasteiger partial charge in [-0.15, -0.1) is 0 Å². The smallest absolute Gasteiger partial charge is 0.269 e. The zero-order valence-electron chi connectivity index (χ0n) is 12.9. The first-order valence-electron chi connectivity index (χ1n) is 7.60. The number of rotatable bonds is 3. The Morgan fingerprint density at radius 3 is 1.91 bits per heavy atom. The van der Waals surface area contributed by atoms with Crippen molar-refractivity contribution >= 4 is 5.69 Å². The fraction of sp³-hybridized carbons (Fsp3) is 0.333. The van der Waals surface area contributed by atoms with Crippen LogP contribution in [-0.4, -0.2) is 31.4 Å². The third-order valence-corrected chi connectivity index (χ3v) is 5.14. The molecule has 118 valence electrons. The van der Waals surface area contributed by atoms with Gasteiger partial charge in [-0.1, -0.05) is 30.3 Å². The summed E-state index contributed by atoms with van der Waals surface area (Å²) < 4.78 is 11.5. The van der Waals surface area contributed by atoms with E-state index in [1.807, 2.05) is 18.2 Å². The van der Waals surface area contributed by atoms with Crippen molar-refractivity contribution in [3.63, 3.8) is 0 Å². The molecule has 0 unspecified atom stereocenters. The highest BCUT2D eigenvalue weighted by Gasteiger charge is 2.50. The molecule has 3 aliphatic carbocycles. The maximum absolute atomic E-state index is 11.2. The van der Waals surface area contributed by atoms with Gasteiger partial charge in [0.2, 0.25) is 0 Å². The van der Waals surface area contributed by atoms with Crippen molar-refractivity contribution in [3.8, 4) is 0 Å². The number of nitro benzene ring substituents is 1. The first-order valence-corrected chi connectivity index (χ1v) is 7.60. The van der Waals surface area contributed by atoms with Crippen molar-refractivity contribution in [2.45, 2.75) is 24.0 Å². The van der Waals surface area contributed by atoms with Gasteiger partial charge < -0.3 is 9.47 Å². The van der Waals surface area contributed by atoms with Crippen LogP contribution in [0.3, 0.4) is 0 Å². The number of hydrogen-bond acceptors (Lipinski definition) is 4. The number of methoxy groups -OCH3 is 2. The first-order chi connectivity index (χ1) is 11.2. The van der Waals surface area contributed by atoms with Crippen LogP contribution in [0.2, 0.25) is 0 Å². The number of benzene rings is 2. The molecule has 0 saturated carbocycles. The van der Waals surface area contributed by atoms with E-state index in [0.29, 0.717) is 0 Å². The molecule has 0 fully saturated rings. The monoisotopic (exact) mass is 311 g/mol. The van der Waals surface area contributed by atoms with Crippen LogP contribution in [0.1, 0.15) is 34.1 Å². The second kappa shape index (κ2) is 5.15. The highest BCUT2D eigenvalue weighted by Crippen LogP contribution is 2.54. The van der Waals surface area contributed by atoms with Crippen molar-refractivity contribution in [3.05, 3.63) is 74.8 Å². The number of ether oxygens (including phenoxy) is 2. The molecule has 0 saturated heterocycles. The summed E-state index contributed by atoms with van der Waals surface area (Å²) >= 11 is 0. The highest BCUT2D eigenvalue weighted by atomic mass is 16.6. The van der Waals surface area contributed by atoms with Gasteiger partial charge >= 0.3 is 0 Å². The van der Waals surface area contributed by atoms with Gasteiger partial charge in [0.25, 0.3) is 5.69 Å². The molecular weight excluding hydrogens is 294 g/mol. The molecule has 5 nitrogen and oxygen atoms in total. The molecule has 0 aromatic heterocycles. The average molecular weight is 311 g/mol. The third kappa shape index (κ3) is 1.87. The van der Waals surface area contributed by atoms with Crippen LogP contribution < -0.4 is 0 Å². The lowest BCUT2D eigenvalue weighted by Gasteiger charge is -2.49. The highest BCUT2D eigenvalue weighted by molar-refractivity contribution is 5.60. The standard InChI is InChI=1S/C18H17NO4/c1-22-17-15-11-5-3-4-6-12(11)16(18(17)23-2)14-9-10(19(20)21)7-8-13(14)15/h3-9,15-18H,1-2H3/t15-,16+,17-,18+/m1/s1. The van der Waals surface area contributed by atoms with E-state index < -0.39 is 0 Å². The van der Waals surface area contributed by atoms with Crippen molar-refractivity contribution in [2.24, 2.45) is 0 Å². The fourth-order valence-electron chi connectivity index (χ4n) is 4.27. The van der Waals surface area contributed by atoms with E-state index >= 15 is 0 Å². The van der Waals surface area contributed by atoms with E-state index in [4.69, 9.17) is 9.47 Å². The van der Waals surface area contributed by atoms with Crippen LogP contribution in [0.4, 0.5) is 5.69 Å². The number of nitrogens with zero attached hydrogens (tertiary/aromatic N) is 1. The van der Waals surface area contributed by atoms with E-state index in [0.717, 1.165) is 11.1 Å². The second-order valence-corrected chi connectivity index (χ2v) is 6.06. The van der Waals surface area contributed by atoms with Gasteiger partial charge in [-0.05, 0) is 22.3 Å². The molecule has 2 aromatic rings. The molecule has 0 amide bonds. The van der Waals surface area contributed by atoms with Gasteiger partial charge in [0, 0.05) is 38.2 Å². The average Bonchev–Trinajstić information content (AvgIpc) is 2.60. The molecule has 4 atom stereocenters. The Bertz CT molecular complexity index is 788. The minimum Gasteiger partial charge on any atom is -0.378 e. The summed E-state index contributed by atoms with van der Waals surface area (Å²) in [4.78, 5) is 10.8. The van der Waals surface area contributed by atoms with Crippen molar-refractivity contribution < 1.29 is 14.4 Å². The van der Waals surface area contributed by atoms with Crippen molar-refractivity contribution in [1.82, 2.24) is 0 Å². The summed E-state index contributed by atoms with van der Waals surface area (Å²) in [6.07, 6.45) is -0.233. The van der Waals surface area contributed by atoms with Gasteiger partial charge in [-0.3, -0.25) is 10.1 Å². The Morgan fingerprint density at radius 1 is 0.870 bits per heavy atom. The fourth-order valence-corrected chi connectivity index (χ4v) is 4.27. The third-order valence-electron chi connectivity index (χ3n) is 5.14. The molecule has 0 radical (unpaired) electrons. The molecule has 3 aliphatic rings. The Morgan fingerprint density at radius 2 is 1.39 bits per heavy atom. The predicted octanol–water partition coefficient (Wildman–Crippen LogP) is 3.22. The van der Waals surface area contributed by atoms with Crippen molar-refractivity contribution in [1.29, 1.82) is 0 Å². The van der Waals surface area contributed by atoms with Gasteiger partial charge in [-0.25, -0.2) is 0 Å². The summed E-state index contributed by atoms with van der Waals surface area (Å²) in [6, 6.07) is 13.4. The van der Waals surface area contributed by atoms with E-state index in [2.05, 4.69) is 12.1 Å². The molecule has 23 heavy (non-hydrogen) atoms. The number of fused-ring (bicyclic) bond motifs is 1. The minimum atomic E-state index is -0.343. The van der Waals surface area contributed by atoms with Crippen LogP contribution in [-0.2, 0) is 9.47 Å². The van der Waals surface area contributed by atoms with Crippen LogP contribution in [0, 0.1) is 10.1 Å². The normalized spacial score (nSPS) is 27.4. The van der Waals surface area contributed by atoms with Gasteiger partial charge in [0.05, 0.1) is 17.1 Å². The van der Waals surface area contributed by atoms with Gasteiger partial charge in [0.15, 0.2) is 0 Å². The Hall–Kier alpha value is -2.24. The van der Waals surface area contributed by atoms with Crippen LogP contribution in [0.25, 0.3) is 0 Å². The minimum absolute atomic E-state index is 0.0407. The Kier molecular flexibility index (Phi) is 3.21. The molecule has 0 N–H and O–H groups in total. The van der Waals surface area contributed by atoms with E-state index in [1.54, 1.807) is 26.4 Å². The topological polar surface area (TPSA) is 61.6 Å². The molecule has 2 bridgehead atoms. The lowest BCUT2D eigenvalue weighted by atomic mass is 9.61. The Labute approximate surface area is 134 Å². The van der Waals surface area contributed by atoms with E-state index in [9.17, 15) is 10.1 Å². The summed E-state index contributed by atoms with van der Waals surface area (Å²) in [5, 5.41) is 11.2. The molecule has 2 aromatic carbocycles. The zero-order chi connectivity index (χ0) is 16.1. The number of hydrogen-bond donors (Lipinski definition) is 0. The quantitative estimate of drug-likeness (QED) is 0.645. The lowest BCUT2D eigenvalue weighted by Crippen LogP contribution is -2.49. The van der Waals surface area contributed by atoms with Crippen LogP contribution in [0.5, 0.6) is 0 Å². The predicted molar refractivity (Wildman–Crippen MR) is 84.8 cm³/mol. The lowest BCUT2D eigenvalue weighted by molar-refractivity contribution is -0.385. The molecule has 0 heterocycles. The van der Waals surface area contributed by atoms with Crippen LogP contribution in [0.15, 0.2) is 42.5 Å². The van der Waals surface area contributed by atoms with Crippen molar-refractivity contribution in [2.75, 3.05) is 14.2 Å². The Balaban J connectivity index is 1.99. The van der Waals surface area contributed by atoms with E-state index in [1.165, 1.54) is 11.1 Å². The zero-order valence-corrected chi connectivity index (χ0v) is 12.9. The molecule has 0 aliphatic heterocycles. The summed E-state index contributed by atoms with van der Waals surface area (Å²) in [5.41, 5.74) is 4.64. The molecular formula is C18H17NO4. The largest absolute Gasteiger partial charge is 0.378 e. The maximum Gasteiger partial charge on any atom is 0.269 e. The van der Waals surface area contributed by atoms with Crippen LogP contribution >= 0.6 is 0 Å². The van der Waals surface area contributed by atoms with Gasteiger partial charge in [-0.2, -0.15) is 0 Å². The maximum atomic E-state index is 11.2. The summed E-state index contributed by atoms with van der Waals surface area (Å²) in [5.74, 6) is 0.00278. The molecule has 5 rings (SSSR count). The van der Waals surface area contributed by atoms with Gasteiger partial charge in [0.1, 0.15) is 0 Å². The number of non-ortho nitro benzene ring substituents is 1. The molecule has 5 heteroatoms. The van der Waals surface area contributed by atoms with E-state index in [-0.39, 0.29) is 34.7 Å². The first kappa shape index (κ1) is 14.4. The summed E-state index contributed by atoms with van der Waals surface area (Å²) in [6.45, 7) is 0. The second-order valence-electron chi connectivity index (χ2n) is 6.06. The number of nitro groups is 1. The SMILES string of the molecule is CO[C@@H]1[C@@H]2c3ccccc3[C@@H](c3cc([N+](=O)[O-])ccc32)[C@@H]1OC. The molecule has 0 spiro atoms. The summed E-state index contributed by atoms with van der Waals surface area (Å²) in [7, 11) is 3.38.